The van der Waals surface area contributed by atoms with Crippen molar-refractivity contribution in [3.05, 3.63) is 27.7 Å². The van der Waals surface area contributed by atoms with Crippen molar-refractivity contribution in [2.24, 2.45) is 0 Å². The second kappa shape index (κ2) is 5.19. The van der Waals surface area contributed by atoms with E-state index in [1.165, 1.54) is 0 Å². The van der Waals surface area contributed by atoms with Crippen molar-refractivity contribution in [2.75, 3.05) is 11.9 Å². The molecule has 0 fully saturated rings. The number of anilines is 1. The number of hydrogen-bond acceptors (Lipinski definition) is 2. The molecule has 0 aromatic heterocycles. The van der Waals surface area contributed by atoms with Crippen LogP contribution in [0.4, 0.5) is 5.69 Å². The molecule has 1 unspecified atom stereocenters. The molecule has 2 N–H and O–H groups in total. The van der Waals surface area contributed by atoms with Gasteiger partial charge in [0, 0.05) is 11.0 Å². The van der Waals surface area contributed by atoms with Crippen LogP contribution in [0, 0.1) is 0 Å². The molecule has 84 valence electrons. The summed E-state index contributed by atoms with van der Waals surface area (Å²) in [4.78, 5) is 0. The summed E-state index contributed by atoms with van der Waals surface area (Å²) in [6.45, 7) is 4.24. The average molecular weight is 293 g/mol. The van der Waals surface area contributed by atoms with Crippen LogP contribution in [-0.4, -0.2) is 17.3 Å². The lowest BCUT2D eigenvalue weighted by Gasteiger charge is -2.22. The van der Waals surface area contributed by atoms with Gasteiger partial charge in [-0.2, -0.15) is 0 Å². The molecule has 0 amide bonds. The first-order chi connectivity index (χ1) is 6.94. The molecule has 0 aliphatic carbocycles. The van der Waals surface area contributed by atoms with Gasteiger partial charge in [0.2, 0.25) is 0 Å². The first-order valence-corrected chi connectivity index (χ1v) is 6.03. The van der Waals surface area contributed by atoms with Gasteiger partial charge >= 0.3 is 0 Å². The van der Waals surface area contributed by atoms with Gasteiger partial charge in [0.15, 0.2) is 0 Å². The van der Waals surface area contributed by atoms with Crippen LogP contribution in [0.15, 0.2) is 22.7 Å². The quantitative estimate of drug-likeness (QED) is 0.887. The molecule has 1 atom stereocenters. The van der Waals surface area contributed by atoms with Crippen LogP contribution in [-0.2, 0) is 0 Å². The van der Waals surface area contributed by atoms with Gasteiger partial charge in [-0.15, -0.1) is 0 Å². The molecule has 0 aliphatic rings. The third-order valence-electron chi connectivity index (χ3n) is 2.35. The average Bonchev–Trinajstić information content (AvgIpc) is 2.16. The molecule has 0 radical (unpaired) electrons. The predicted octanol–water partition coefficient (Wildman–Crippen LogP) is 3.68. The zero-order valence-corrected chi connectivity index (χ0v) is 11.2. The standard InChI is InChI=1S/C11H15BrClNO/c1-3-11(2,15)7-14-10-5-4-8(12)6-9(10)13/h4-6,14-15H,3,7H2,1-2H3. The van der Waals surface area contributed by atoms with Crippen molar-refractivity contribution in [3.63, 3.8) is 0 Å². The van der Waals surface area contributed by atoms with Gasteiger partial charge in [-0.3, -0.25) is 0 Å². The fraction of sp³-hybridized carbons (Fsp3) is 0.455. The van der Waals surface area contributed by atoms with Crippen LogP contribution in [0.1, 0.15) is 20.3 Å². The Morgan fingerprint density at radius 1 is 1.53 bits per heavy atom. The molecule has 0 aliphatic heterocycles. The number of hydrogen-bond donors (Lipinski definition) is 2. The lowest BCUT2D eigenvalue weighted by atomic mass is 10.0. The van der Waals surface area contributed by atoms with E-state index in [0.29, 0.717) is 18.0 Å². The number of benzene rings is 1. The van der Waals surface area contributed by atoms with E-state index >= 15 is 0 Å². The summed E-state index contributed by atoms with van der Waals surface area (Å²) in [5.74, 6) is 0. The monoisotopic (exact) mass is 291 g/mol. The highest BCUT2D eigenvalue weighted by Crippen LogP contribution is 2.26. The molecule has 0 spiro atoms. The van der Waals surface area contributed by atoms with Gasteiger partial charge in [0.1, 0.15) is 0 Å². The van der Waals surface area contributed by atoms with E-state index in [0.717, 1.165) is 10.2 Å². The van der Waals surface area contributed by atoms with Crippen LogP contribution in [0.25, 0.3) is 0 Å². The maximum absolute atomic E-state index is 9.82. The van der Waals surface area contributed by atoms with Crippen LogP contribution in [0.3, 0.4) is 0 Å². The Bertz CT molecular complexity index is 341. The highest BCUT2D eigenvalue weighted by atomic mass is 79.9. The van der Waals surface area contributed by atoms with Crippen molar-refractivity contribution in [3.8, 4) is 0 Å². The molecule has 1 aromatic rings. The summed E-state index contributed by atoms with van der Waals surface area (Å²) in [5, 5.41) is 13.6. The molecule has 1 aromatic carbocycles. The lowest BCUT2D eigenvalue weighted by Crippen LogP contribution is -2.32. The van der Waals surface area contributed by atoms with E-state index in [1.807, 2.05) is 25.1 Å². The van der Waals surface area contributed by atoms with E-state index in [-0.39, 0.29) is 0 Å². The third kappa shape index (κ3) is 4.01. The minimum Gasteiger partial charge on any atom is -0.388 e. The Morgan fingerprint density at radius 2 is 2.20 bits per heavy atom. The SMILES string of the molecule is CCC(C)(O)CNc1ccc(Br)cc1Cl. The largest absolute Gasteiger partial charge is 0.388 e. The van der Waals surface area contributed by atoms with Gasteiger partial charge in [0.05, 0.1) is 16.3 Å². The molecule has 1 rings (SSSR count). The van der Waals surface area contributed by atoms with Crippen LogP contribution in [0.2, 0.25) is 5.02 Å². The van der Waals surface area contributed by atoms with Crippen molar-refractivity contribution < 1.29 is 5.11 Å². The molecule has 0 saturated carbocycles. The van der Waals surface area contributed by atoms with Gasteiger partial charge in [-0.1, -0.05) is 34.5 Å². The second-order valence-electron chi connectivity index (χ2n) is 3.83. The first-order valence-electron chi connectivity index (χ1n) is 4.86. The highest BCUT2D eigenvalue weighted by molar-refractivity contribution is 9.10. The van der Waals surface area contributed by atoms with E-state index < -0.39 is 5.60 Å². The van der Waals surface area contributed by atoms with Gasteiger partial charge in [-0.25, -0.2) is 0 Å². The van der Waals surface area contributed by atoms with E-state index in [1.54, 1.807) is 6.92 Å². The summed E-state index contributed by atoms with van der Waals surface area (Å²) in [5.41, 5.74) is 0.143. The number of aliphatic hydroxyl groups is 1. The minimum absolute atomic E-state index is 0.491. The van der Waals surface area contributed by atoms with Crippen LogP contribution >= 0.6 is 27.5 Å². The fourth-order valence-corrected chi connectivity index (χ4v) is 1.78. The molecule has 0 heterocycles. The Morgan fingerprint density at radius 3 is 2.73 bits per heavy atom. The van der Waals surface area contributed by atoms with Crippen molar-refractivity contribution in [1.82, 2.24) is 0 Å². The summed E-state index contributed by atoms with van der Waals surface area (Å²) in [7, 11) is 0. The maximum Gasteiger partial charge on any atom is 0.0788 e. The van der Waals surface area contributed by atoms with E-state index in [9.17, 15) is 5.11 Å². The third-order valence-corrected chi connectivity index (χ3v) is 3.16. The van der Waals surface area contributed by atoms with E-state index in [2.05, 4.69) is 21.2 Å². The topological polar surface area (TPSA) is 32.3 Å². The van der Waals surface area contributed by atoms with Gasteiger partial charge in [0.25, 0.3) is 0 Å². The number of nitrogens with one attached hydrogen (secondary N) is 1. The first kappa shape index (κ1) is 12.8. The zero-order valence-electron chi connectivity index (χ0n) is 8.85. The van der Waals surface area contributed by atoms with Crippen molar-refractivity contribution >= 4 is 33.2 Å². The molecule has 0 bridgehead atoms. The van der Waals surface area contributed by atoms with Crippen LogP contribution in [0.5, 0.6) is 0 Å². The highest BCUT2D eigenvalue weighted by Gasteiger charge is 2.17. The Kier molecular flexibility index (Phi) is 4.44. The van der Waals surface area contributed by atoms with Crippen LogP contribution < -0.4 is 5.32 Å². The minimum atomic E-state index is -0.698. The van der Waals surface area contributed by atoms with E-state index in [4.69, 9.17) is 11.6 Å². The molecule has 0 saturated heterocycles. The summed E-state index contributed by atoms with van der Waals surface area (Å²) in [6, 6.07) is 5.62. The number of halogens is 2. The van der Waals surface area contributed by atoms with Crippen molar-refractivity contribution in [2.45, 2.75) is 25.9 Å². The second-order valence-corrected chi connectivity index (χ2v) is 5.15. The van der Waals surface area contributed by atoms with Crippen molar-refractivity contribution in [1.29, 1.82) is 0 Å². The number of rotatable bonds is 4. The smallest absolute Gasteiger partial charge is 0.0788 e. The molecule has 2 nitrogen and oxygen atoms in total. The molecular weight excluding hydrogens is 277 g/mol. The Hall–Kier alpha value is -0.250. The normalized spacial score (nSPS) is 14.7. The summed E-state index contributed by atoms with van der Waals surface area (Å²) < 4.78 is 0.945. The molecule has 4 heteroatoms. The maximum atomic E-state index is 9.82. The summed E-state index contributed by atoms with van der Waals surface area (Å²) in [6.07, 6.45) is 0.703. The van der Waals surface area contributed by atoms with Gasteiger partial charge in [-0.05, 0) is 31.5 Å². The fourth-order valence-electron chi connectivity index (χ4n) is 1.04. The van der Waals surface area contributed by atoms with Gasteiger partial charge < -0.3 is 10.4 Å². The summed E-state index contributed by atoms with van der Waals surface area (Å²) >= 11 is 9.37. The predicted molar refractivity (Wildman–Crippen MR) is 68.6 cm³/mol. The Balaban J connectivity index is 2.66. The lowest BCUT2D eigenvalue weighted by molar-refractivity contribution is 0.0697. The molecular formula is C11H15BrClNO. The Labute approximate surface area is 104 Å². The molecule has 15 heavy (non-hydrogen) atoms. The zero-order chi connectivity index (χ0) is 11.5.